The van der Waals surface area contributed by atoms with E-state index in [0.29, 0.717) is 0 Å². The number of rotatable bonds is 5. The third-order valence-electron chi connectivity index (χ3n) is 4.04. The highest BCUT2D eigenvalue weighted by Gasteiger charge is 2.18. The summed E-state index contributed by atoms with van der Waals surface area (Å²) < 4.78 is 14.0. The van der Waals surface area contributed by atoms with Crippen molar-refractivity contribution in [3.63, 3.8) is 0 Å². The molecule has 1 aliphatic rings. The Balaban J connectivity index is 1.54. The first-order valence-corrected chi connectivity index (χ1v) is 8.04. The number of hydrogen-bond acceptors (Lipinski definition) is 4. The summed E-state index contributed by atoms with van der Waals surface area (Å²) in [6.07, 6.45) is 5.39. The molecule has 0 aliphatic heterocycles. The van der Waals surface area contributed by atoms with Crippen molar-refractivity contribution in [1.82, 2.24) is 9.88 Å². The lowest BCUT2D eigenvalue weighted by molar-refractivity contribution is 0.254. The predicted octanol–water partition coefficient (Wildman–Crippen LogP) is 3.72. The van der Waals surface area contributed by atoms with Crippen molar-refractivity contribution in [3.05, 3.63) is 24.0 Å². The molecule has 1 heterocycles. The van der Waals surface area contributed by atoms with Gasteiger partial charge in [0.05, 0.1) is 10.2 Å². The largest absolute Gasteiger partial charge is 0.360 e. The van der Waals surface area contributed by atoms with Crippen LogP contribution in [0.2, 0.25) is 0 Å². The molecular formula is C15H20FN3S. The standard InChI is InChI=1S/C15H20FN3S/c1-19(12-4-2-3-5-12)9-8-17-15-18-13-7-6-11(16)10-14(13)20-15/h6-7,10,12H,2-5,8-9H2,1H3,(H,17,18). The molecule has 2 aromatic rings. The first kappa shape index (κ1) is 13.8. The Kier molecular flexibility index (Phi) is 4.17. The predicted molar refractivity (Wildman–Crippen MR) is 83.0 cm³/mol. The molecule has 1 aromatic carbocycles. The number of anilines is 1. The quantitative estimate of drug-likeness (QED) is 0.910. The molecule has 0 bridgehead atoms. The molecule has 0 amide bonds. The number of thiazole rings is 1. The number of aromatic nitrogens is 1. The van der Waals surface area contributed by atoms with Crippen LogP contribution in [0.1, 0.15) is 25.7 Å². The highest BCUT2D eigenvalue weighted by Crippen LogP contribution is 2.26. The van der Waals surface area contributed by atoms with Crippen LogP contribution >= 0.6 is 11.3 Å². The molecule has 1 fully saturated rings. The number of nitrogens with one attached hydrogen (secondary N) is 1. The molecule has 3 nitrogen and oxygen atoms in total. The smallest absolute Gasteiger partial charge is 0.183 e. The molecule has 1 N–H and O–H groups in total. The van der Waals surface area contributed by atoms with Gasteiger partial charge in [0.15, 0.2) is 5.13 Å². The number of halogens is 1. The molecule has 1 aliphatic carbocycles. The number of hydrogen-bond donors (Lipinski definition) is 1. The zero-order chi connectivity index (χ0) is 13.9. The molecule has 3 rings (SSSR count). The van der Waals surface area contributed by atoms with Crippen LogP contribution in [0.4, 0.5) is 9.52 Å². The van der Waals surface area contributed by atoms with Crippen molar-refractivity contribution in [2.75, 3.05) is 25.5 Å². The molecule has 0 saturated heterocycles. The summed E-state index contributed by atoms with van der Waals surface area (Å²) in [4.78, 5) is 6.91. The minimum Gasteiger partial charge on any atom is -0.360 e. The molecule has 0 radical (unpaired) electrons. The molecule has 1 aromatic heterocycles. The van der Waals surface area contributed by atoms with E-state index in [2.05, 4.69) is 22.2 Å². The lowest BCUT2D eigenvalue weighted by atomic mass is 10.2. The second kappa shape index (κ2) is 6.06. The fourth-order valence-corrected chi connectivity index (χ4v) is 3.76. The normalized spacial score (nSPS) is 16.4. The Bertz CT molecular complexity index is 578. The molecule has 5 heteroatoms. The van der Waals surface area contributed by atoms with E-state index in [1.807, 2.05) is 0 Å². The molecule has 108 valence electrons. The van der Waals surface area contributed by atoms with Gasteiger partial charge in [-0.3, -0.25) is 0 Å². The van der Waals surface area contributed by atoms with E-state index in [0.717, 1.165) is 34.5 Å². The van der Waals surface area contributed by atoms with Crippen molar-refractivity contribution < 1.29 is 4.39 Å². The average Bonchev–Trinajstić information content (AvgIpc) is 3.06. The lowest BCUT2D eigenvalue weighted by Crippen LogP contribution is -2.33. The summed E-state index contributed by atoms with van der Waals surface area (Å²) in [6.45, 7) is 1.91. The van der Waals surface area contributed by atoms with E-state index in [1.165, 1.54) is 43.1 Å². The van der Waals surface area contributed by atoms with Crippen molar-refractivity contribution in [2.24, 2.45) is 0 Å². The van der Waals surface area contributed by atoms with Gasteiger partial charge in [-0.15, -0.1) is 0 Å². The fraction of sp³-hybridized carbons (Fsp3) is 0.533. The van der Waals surface area contributed by atoms with E-state index in [4.69, 9.17) is 0 Å². The highest BCUT2D eigenvalue weighted by atomic mass is 32.1. The van der Waals surface area contributed by atoms with E-state index in [1.54, 1.807) is 12.1 Å². The first-order chi connectivity index (χ1) is 9.72. The van der Waals surface area contributed by atoms with Crippen LogP contribution in [0.3, 0.4) is 0 Å². The van der Waals surface area contributed by atoms with E-state index >= 15 is 0 Å². The average molecular weight is 293 g/mol. The van der Waals surface area contributed by atoms with Crippen LogP contribution in [0.15, 0.2) is 18.2 Å². The second-order valence-corrected chi connectivity index (χ2v) is 6.51. The van der Waals surface area contributed by atoms with Crippen molar-refractivity contribution in [3.8, 4) is 0 Å². The van der Waals surface area contributed by atoms with Crippen LogP contribution in [-0.2, 0) is 0 Å². The van der Waals surface area contributed by atoms with Crippen LogP contribution in [-0.4, -0.2) is 36.1 Å². The van der Waals surface area contributed by atoms with Crippen molar-refractivity contribution in [1.29, 1.82) is 0 Å². The third kappa shape index (κ3) is 3.10. The van der Waals surface area contributed by atoms with Gasteiger partial charge in [-0.1, -0.05) is 24.2 Å². The van der Waals surface area contributed by atoms with Gasteiger partial charge in [0.1, 0.15) is 5.82 Å². The van der Waals surface area contributed by atoms with Gasteiger partial charge in [0, 0.05) is 19.1 Å². The number of likely N-dealkylation sites (N-methyl/N-ethyl adjacent to an activating group) is 1. The van der Waals surface area contributed by atoms with Crippen molar-refractivity contribution in [2.45, 2.75) is 31.7 Å². The van der Waals surface area contributed by atoms with Crippen LogP contribution in [0.5, 0.6) is 0 Å². The van der Waals surface area contributed by atoms with Gasteiger partial charge in [-0.05, 0) is 38.1 Å². The molecule has 0 atom stereocenters. The molecular weight excluding hydrogens is 273 g/mol. The summed E-state index contributed by atoms with van der Waals surface area (Å²) in [5.74, 6) is -0.200. The van der Waals surface area contributed by atoms with Gasteiger partial charge >= 0.3 is 0 Å². The Hall–Kier alpha value is -1.20. The zero-order valence-electron chi connectivity index (χ0n) is 11.7. The highest BCUT2D eigenvalue weighted by molar-refractivity contribution is 7.22. The fourth-order valence-electron chi connectivity index (χ4n) is 2.84. The maximum Gasteiger partial charge on any atom is 0.183 e. The van der Waals surface area contributed by atoms with Gasteiger partial charge in [0.25, 0.3) is 0 Å². The summed E-state index contributed by atoms with van der Waals surface area (Å²) in [6, 6.07) is 5.49. The van der Waals surface area contributed by atoms with Gasteiger partial charge < -0.3 is 10.2 Å². The number of fused-ring (bicyclic) bond motifs is 1. The Labute approximate surface area is 122 Å². The van der Waals surface area contributed by atoms with E-state index < -0.39 is 0 Å². The Morgan fingerprint density at radius 3 is 3.00 bits per heavy atom. The monoisotopic (exact) mass is 293 g/mol. The molecule has 0 unspecified atom stereocenters. The molecule has 20 heavy (non-hydrogen) atoms. The summed E-state index contributed by atoms with van der Waals surface area (Å²) in [5, 5.41) is 4.23. The Morgan fingerprint density at radius 1 is 1.40 bits per heavy atom. The van der Waals surface area contributed by atoms with Crippen LogP contribution < -0.4 is 5.32 Å². The summed E-state index contributed by atoms with van der Waals surface area (Å²) in [7, 11) is 2.20. The van der Waals surface area contributed by atoms with Gasteiger partial charge in [0.2, 0.25) is 0 Å². The number of benzene rings is 1. The number of nitrogens with zero attached hydrogens (tertiary/aromatic N) is 2. The maximum atomic E-state index is 13.1. The van der Waals surface area contributed by atoms with Gasteiger partial charge in [-0.2, -0.15) is 0 Å². The van der Waals surface area contributed by atoms with Crippen LogP contribution in [0, 0.1) is 5.82 Å². The SMILES string of the molecule is CN(CCNc1nc2ccc(F)cc2s1)C1CCCC1. The maximum absolute atomic E-state index is 13.1. The molecule has 1 saturated carbocycles. The minimum atomic E-state index is -0.200. The minimum absolute atomic E-state index is 0.200. The lowest BCUT2D eigenvalue weighted by Gasteiger charge is -2.23. The second-order valence-electron chi connectivity index (χ2n) is 5.48. The Morgan fingerprint density at radius 2 is 2.20 bits per heavy atom. The summed E-state index contributed by atoms with van der Waals surface area (Å²) >= 11 is 1.51. The van der Waals surface area contributed by atoms with E-state index in [9.17, 15) is 4.39 Å². The van der Waals surface area contributed by atoms with Crippen LogP contribution in [0.25, 0.3) is 10.2 Å². The third-order valence-corrected chi connectivity index (χ3v) is 5.02. The zero-order valence-corrected chi connectivity index (χ0v) is 12.5. The van der Waals surface area contributed by atoms with Gasteiger partial charge in [-0.25, -0.2) is 9.37 Å². The summed E-state index contributed by atoms with van der Waals surface area (Å²) in [5.41, 5.74) is 0.864. The first-order valence-electron chi connectivity index (χ1n) is 7.22. The van der Waals surface area contributed by atoms with E-state index in [-0.39, 0.29) is 5.82 Å². The molecule has 0 spiro atoms. The topological polar surface area (TPSA) is 28.2 Å². The van der Waals surface area contributed by atoms with Crippen molar-refractivity contribution >= 4 is 26.7 Å².